The predicted octanol–water partition coefficient (Wildman–Crippen LogP) is 11.8. The first-order valence-electron chi connectivity index (χ1n) is 22.1. The average Bonchev–Trinajstić information content (AvgIpc) is 3.36. The van der Waals surface area contributed by atoms with Gasteiger partial charge in [-0.05, 0) is 110 Å². The molecule has 0 spiro atoms. The summed E-state index contributed by atoms with van der Waals surface area (Å²) in [5.41, 5.74) is 0.364. The molecule has 0 aliphatic heterocycles. The number of aryl methyl sites for hydroxylation is 2. The molecule has 23 heteroatoms. The zero-order chi connectivity index (χ0) is 53.5. The van der Waals surface area contributed by atoms with Crippen LogP contribution in [0.5, 0.6) is 23.0 Å². The monoisotopic (exact) mass is 1210 g/mol. The van der Waals surface area contributed by atoms with E-state index in [1.165, 1.54) is 24.3 Å². The topological polar surface area (TPSA) is 284 Å². The Morgan fingerprint density at radius 1 is 0.613 bits per heavy atom. The van der Waals surface area contributed by atoms with E-state index in [0.717, 1.165) is 12.1 Å². The second kappa shape index (κ2) is 25.0. The smallest absolute Gasteiger partial charge is 0.871 e. The number of halogens is 2. The molecule has 380 valence electrons. The Morgan fingerprint density at radius 2 is 1.05 bits per heavy atom. The van der Waals surface area contributed by atoms with Gasteiger partial charge in [-0.2, -0.15) is 21.9 Å². The molecule has 0 aromatic heterocycles. The van der Waals surface area contributed by atoms with Gasteiger partial charge in [-0.3, -0.25) is 18.9 Å². The summed E-state index contributed by atoms with van der Waals surface area (Å²) >= 11 is 12.5. The average molecular weight is 1220 g/mol. The number of carbonyl (C=O) groups is 1. The molecule has 18 nitrogen and oxygen atoms in total. The normalized spacial score (nSPS) is 11.9. The van der Waals surface area contributed by atoms with E-state index in [1.807, 2.05) is 6.92 Å². The molecule has 0 saturated carbocycles. The SMILES string of the molecule is CCOc1ccccc1N=C([O-])c1cc2ccccc2c(N=Nc2c(S(=O)(=O)O)ccc(C)c2Cl)c1[O-].CCOc1ccccc1NC(=O)c1cc2ccccc2c(N=Nc2c(S(=O)(=O)O)ccc(C)c2Cl)c1O.[Ba+2]. The van der Waals surface area contributed by atoms with Gasteiger partial charge in [0.1, 0.15) is 44.0 Å². The number of aliphatic imine (C=N–C) groups is 1. The quantitative estimate of drug-likeness (QED) is 0.0260. The molecule has 4 N–H and O–H groups in total. The standard InChI is InChI=1S/2C26H22ClN3O6S.Ba/c2*1-3-36-20-11-7-6-10-19(20)28-26(32)18-14-16-8-4-5-9-17(16)23(25(18)31)29-30-24-21(37(33,34)35)13-12-15(2)22(24)27;/h2*4-14,31H,3H2,1-2H3,(H,28,32)(H,33,34,35);/q;;+2/p-2. The van der Waals surface area contributed by atoms with E-state index in [4.69, 9.17) is 32.7 Å². The first-order chi connectivity index (χ1) is 35.2. The molecule has 0 heterocycles. The molecule has 0 fully saturated rings. The van der Waals surface area contributed by atoms with Crippen molar-refractivity contribution in [2.75, 3.05) is 18.5 Å². The molecule has 8 aromatic carbocycles. The number of phenols is 1. The van der Waals surface area contributed by atoms with Crippen molar-refractivity contribution in [3.8, 4) is 23.0 Å². The second-order valence-corrected chi connectivity index (χ2v) is 19.3. The van der Waals surface area contributed by atoms with Gasteiger partial charge in [-0.15, -0.1) is 15.3 Å². The fourth-order valence-electron chi connectivity index (χ4n) is 7.30. The first kappa shape index (κ1) is 57.9. The number of azo groups is 2. The second-order valence-electron chi connectivity index (χ2n) is 15.8. The number of nitrogens with zero attached hydrogens (tertiary/aromatic N) is 5. The molecular formula is C52H42BaCl2N6O12S2. The van der Waals surface area contributed by atoms with Gasteiger partial charge in [-0.25, -0.2) is 0 Å². The van der Waals surface area contributed by atoms with E-state index in [9.17, 15) is 46.1 Å². The maximum atomic E-state index is 13.4. The largest absolute Gasteiger partial charge is 2.00 e. The van der Waals surface area contributed by atoms with Crippen molar-refractivity contribution in [1.82, 2.24) is 0 Å². The number of benzene rings is 8. The molecule has 0 aliphatic rings. The molecule has 75 heavy (non-hydrogen) atoms. The van der Waals surface area contributed by atoms with Crippen molar-refractivity contribution >= 4 is 160 Å². The summed E-state index contributed by atoms with van der Waals surface area (Å²) in [6, 6.07) is 35.1. The van der Waals surface area contributed by atoms with E-state index in [-0.39, 0.29) is 98.5 Å². The summed E-state index contributed by atoms with van der Waals surface area (Å²) < 4.78 is 77.8. The van der Waals surface area contributed by atoms with Crippen LogP contribution < -0.4 is 25.0 Å². The number of amides is 1. The molecule has 0 unspecified atom stereocenters. The van der Waals surface area contributed by atoms with Gasteiger partial charge in [0.05, 0.1) is 40.2 Å². The van der Waals surface area contributed by atoms with Crippen LogP contribution >= 0.6 is 23.2 Å². The maximum Gasteiger partial charge on any atom is 2.00 e. The van der Waals surface area contributed by atoms with Crippen LogP contribution in [-0.2, 0) is 20.2 Å². The zero-order valence-electron chi connectivity index (χ0n) is 40.1. The number of para-hydroxylation sites is 4. The maximum absolute atomic E-state index is 13.4. The van der Waals surface area contributed by atoms with Gasteiger partial charge in [0.15, 0.2) is 5.75 Å². The van der Waals surface area contributed by atoms with Crippen molar-refractivity contribution in [2.45, 2.75) is 37.5 Å². The number of hydrogen-bond donors (Lipinski definition) is 4. The fourth-order valence-corrected chi connectivity index (χ4v) is 9.07. The van der Waals surface area contributed by atoms with Crippen LogP contribution in [0.15, 0.2) is 169 Å². The van der Waals surface area contributed by atoms with Crippen LogP contribution in [0.1, 0.15) is 40.9 Å². The number of anilines is 1. The minimum atomic E-state index is -4.69. The number of phenolic OH excluding ortho intramolecular Hbond substituents is 1. The first-order valence-corrected chi connectivity index (χ1v) is 25.7. The summed E-state index contributed by atoms with van der Waals surface area (Å²) in [6.45, 7) is 7.62. The van der Waals surface area contributed by atoms with Gasteiger partial charge < -0.3 is 30.1 Å². The Labute approximate surface area is 481 Å². The Balaban J connectivity index is 0.000000241. The van der Waals surface area contributed by atoms with Crippen molar-refractivity contribution < 1.29 is 55.5 Å². The third kappa shape index (κ3) is 13.3. The van der Waals surface area contributed by atoms with Crippen LogP contribution in [0.25, 0.3) is 21.5 Å². The molecule has 1 amide bonds. The van der Waals surface area contributed by atoms with E-state index in [1.54, 1.807) is 118 Å². The molecule has 0 aliphatic carbocycles. The summed E-state index contributed by atoms with van der Waals surface area (Å²) in [5, 5.41) is 58.2. The summed E-state index contributed by atoms with van der Waals surface area (Å²) in [7, 11) is -9.36. The summed E-state index contributed by atoms with van der Waals surface area (Å²) in [4.78, 5) is 16.2. The summed E-state index contributed by atoms with van der Waals surface area (Å²) in [6.07, 6.45) is 0. The van der Waals surface area contributed by atoms with Gasteiger partial charge in [0.2, 0.25) is 0 Å². The van der Waals surface area contributed by atoms with Crippen LogP contribution in [0.4, 0.5) is 34.1 Å². The summed E-state index contributed by atoms with van der Waals surface area (Å²) in [5.74, 6) is -1.83. The minimum Gasteiger partial charge on any atom is -0.871 e. The number of aromatic hydroxyl groups is 1. The third-order valence-electron chi connectivity index (χ3n) is 10.9. The van der Waals surface area contributed by atoms with Gasteiger partial charge in [0.25, 0.3) is 26.1 Å². The zero-order valence-corrected chi connectivity index (χ0v) is 47.7. The number of carbonyl (C=O) groups excluding carboxylic acids is 1. The minimum absolute atomic E-state index is 0. The van der Waals surface area contributed by atoms with Crippen LogP contribution in [0.3, 0.4) is 0 Å². The van der Waals surface area contributed by atoms with E-state index < -0.39 is 53.3 Å². The number of nitrogens with one attached hydrogen (secondary N) is 1. The van der Waals surface area contributed by atoms with E-state index >= 15 is 0 Å². The van der Waals surface area contributed by atoms with Crippen molar-refractivity contribution in [2.24, 2.45) is 25.4 Å². The number of fused-ring (bicyclic) bond motifs is 2. The number of hydrogen-bond acceptors (Lipinski definition) is 15. The molecule has 8 rings (SSSR count). The van der Waals surface area contributed by atoms with Crippen molar-refractivity contribution in [1.29, 1.82) is 0 Å². The van der Waals surface area contributed by atoms with Crippen molar-refractivity contribution in [3.63, 3.8) is 0 Å². The Morgan fingerprint density at radius 3 is 1.60 bits per heavy atom. The van der Waals surface area contributed by atoms with Crippen LogP contribution in [-0.4, -0.2) is 105 Å². The van der Waals surface area contributed by atoms with E-state index in [2.05, 4.69) is 30.8 Å². The Bertz CT molecular complexity index is 3830. The van der Waals surface area contributed by atoms with Crippen molar-refractivity contribution in [3.05, 3.63) is 166 Å². The van der Waals surface area contributed by atoms with Gasteiger partial charge in [0, 0.05) is 10.8 Å². The fraction of sp³-hybridized carbons (Fsp3) is 0.115. The van der Waals surface area contributed by atoms with E-state index in [0.29, 0.717) is 63.1 Å². The Kier molecular flexibility index (Phi) is 19.3. The third-order valence-corrected chi connectivity index (χ3v) is 13.6. The Hall–Kier alpha value is -6.41. The molecule has 0 bridgehead atoms. The predicted molar refractivity (Wildman–Crippen MR) is 284 cm³/mol. The van der Waals surface area contributed by atoms with Crippen LogP contribution in [0.2, 0.25) is 10.0 Å². The number of ether oxygens (including phenoxy) is 2. The molecular weight excluding hydrogens is 1170 g/mol. The number of rotatable bonds is 14. The van der Waals surface area contributed by atoms with Crippen LogP contribution in [0, 0.1) is 13.8 Å². The molecule has 8 aromatic rings. The molecule has 0 radical (unpaired) electrons. The molecule has 0 atom stereocenters. The van der Waals surface area contributed by atoms with Gasteiger partial charge in [-0.1, -0.05) is 114 Å². The molecule has 0 saturated heterocycles. The van der Waals surface area contributed by atoms with Gasteiger partial charge >= 0.3 is 48.9 Å².